The molecule has 214 valence electrons. The first-order valence-corrected chi connectivity index (χ1v) is 14.6. The van der Waals surface area contributed by atoms with Gasteiger partial charge >= 0.3 is 0 Å². The molecular weight excluding hydrogens is 544 g/mol. The van der Waals surface area contributed by atoms with E-state index in [1.165, 1.54) is 28.9 Å². The number of rotatable bonds is 7. The molecule has 3 aromatic carbocycles. The lowest BCUT2D eigenvalue weighted by atomic mass is 9.87. The van der Waals surface area contributed by atoms with Crippen LogP contribution in [0.15, 0.2) is 88.6 Å². The Hall–Kier alpha value is -4.19. The quantitative estimate of drug-likeness (QED) is 0.226. The molecule has 1 unspecified atom stereocenters. The Labute approximate surface area is 238 Å². The van der Waals surface area contributed by atoms with Crippen LogP contribution in [0.4, 0.5) is 0 Å². The maximum absolute atomic E-state index is 13.7. The molecule has 0 saturated heterocycles. The number of nitrogens with zero attached hydrogens (tertiary/aromatic N) is 2. The van der Waals surface area contributed by atoms with Gasteiger partial charge in [-0.1, -0.05) is 63.2 Å². The zero-order valence-electron chi connectivity index (χ0n) is 23.0. The van der Waals surface area contributed by atoms with E-state index in [0.717, 1.165) is 15.4 Å². The Balaban J connectivity index is 1.45. The van der Waals surface area contributed by atoms with Gasteiger partial charge in [-0.3, -0.25) is 19.9 Å². The highest BCUT2D eigenvalue weighted by Gasteiger charge is 2.44. The van der Waals surface area contributed by atoms with Crippen molar-refractivity contribution in [1.82, 2.24) is 19.6 Å². The maximum Gasteiger partial charge on any atom is 0.276 e. The van der Waals surface area contributed by atoms with E-state index in [-0.39, 0.29) is 28.8 Å². The maximum atomic E-state index is 13.7. The number of carbonyl (C=O) groups is 1. The molecular formula is C30H32N4O6S. The van der Waals surface area contributed by atoms with E-state index in [1.807, 2.05) is 42.5 Å². The number of carbonyl (C=O) groups excluding carboxylic acids is 1. The number of sulfonamides is 1. The third-order valence-electron chi connectivity index (χ3n) is 7.18. The van der Waals surface area contributed by atoms with Gasteiger partial charge in [-0.05, 0) is 52.9 Å². The van der Waals surface area contributed by atoms with Crippen LogP contribution in [-0.4, -0.2) is 40.2 Å². The SMILES string of the molecule is CC(C)(C)c1ccc(-n2[nH]c3c(c2=O)C(C(=O)NO)N(S(=O)(=O)c2ccc(OCc4ccccc4)cc2)CC3)cc1. The number of hydrogen-bond acceptors (Lipinski definition) is 6. The molecule has 0 fully saturated rings. The lowest BCUT2D eigenvalue weighted by Gasteiger charge is -2.32. The van der Waals surface area contributed by atoms with Crippen LogP contribution in [0.25, 0.3) is 5.69 Å². The number of nitrogens with one attached hydrogen (secondary N) is 2. The highest BCUT2D eigenvalue weighted by Crippen LogP contribution is 2.33. The molecule has 0 spiro atoms. The third-order valence-corrected chi connectivity index (χ3v) is 9.06. The summed E-state index contributed by atoms with van der Waals surface area (Å²) in [5.74, 6) is -0.548. The van der Waals surface area contributed by atoms with E-state index in [1.54, 1.807) is 17.6 Å². The molecule has 0 radical (unpaired) electrons. The molecule has 5 rings (SSSR count). The standard InChI is InChI=1S/C30H32N4O6S/c1-30(2,3)21-9-11-22(12-10-21)34-29(36)26-25(31-34)17-18-33(27(26)28(35)32-37)41(38,39)24-15-13-23(14-16-24)40-19-20-7-5-4-6-8-20/h4-16,27,31,37H,17-19H2,1-3H3,(H,32,35). The average Bonchev–Trinajstić information content (AvgIpc) is 3.31. The first kappa shape index (κ1) is 28.3. The number of H-pyrrole nitrogens is 1. The second-order valence-corrected chi connectivity index (χ2v) is 12.8. The Morgan fingerprint density at radius 2 is 1.68 bits per heavy atom. The van der Waals surface area contributed by atoms with Gasteiger partial charge in [0.15, 0.2) is 0 Å². The van der Waals surface area contributed by atoms with Gasteiger partial charge in [-0.2, -0.15) is 4.31 Å². The summed E-state index contributed by atoms with van der Waals surface area (Å²) in [7, 11) is -4.24. The Kier molecular flexibility index (Phi) is 7.60. The number of hydrogen-bond donors (Lipinski definition) is 3. The van der Waals surface area contributed by atoms with Crippen molar-refractivity contribution in [2.24, 2.45) is 0 Å². The van der Waals surface area contributed by atoms with Gasteiger partial charge in [0.1, 0.15) is 18.4 Å². The molecule has 1 amide bonds. The summed E-state index contributed by atoms with van der Waals surface area (Å²) >= 11 is 0. The molecule has 1 aromatic heterocycles. The summed E-state index contributed by atoms with van der Waals surface area (Å²) < 4.78 is 35.5. The highest BCUT2D eigenvalue weighted by atomic mass is 32.2. The number of amides is 1. The molecule has 0 bridgehead atoms. The minimum Gasteiger partial charge on any atom is -0.489 e. The fourth-order valence-electron chi connectivity index (χ4n) is 4.92. The second kappa shape index (κ2) is 11.0. The Bertz CT molecular complexity index is 1700. The fraction of sp³-hybridized carbons (Fsp3) is 0.267. The van der Waals surface area contributed by atoms with Gasteiger partial charge in [0.05, 0.1) is 16.1 Å². The summed E-state index contributed by atoms with van der Waals surface area (Å²) in [6.45, 7) is 6.49. The molecule has 4 aromatic rings. The van der Waals surface area contributed by atoms with Crippen LogP contribution in [-0.2, 0) is 33.3 Å². The van der Waals surface area contributed by atoms with Crippen molar-refractivity contribution in [2.45, 2.75) is 50.2 Å². The lowest BCUT2D eigenvalue weighted by molar-refractivity contribution is -0.133. The summed E-state index contributed by atoms with van der Waals surface area (Å²) in [4.78, 5) is 26.4. The molecule has 1 aliphatic heterocycles. The minimum atomic E-state index is -4.24. The van der Waals surface area contributed by atoms with Crippen molar-refractivity contribution in [2.75, 3.05) is 6.54 Å². The van der Waals surface area contributed by atoms with Crippen LogP contribution in [0, 0.1) is 0 Å². The molecule has 11 heteroatoms. The highest BCUT2D eigenvalue weighted by molar-refractivity contribution is 7.89. The second-order valence-electron chi connectivity index (χ2n) is 10.9. The van der Waals surface area contributed by atoms with E-state index in [2.05, 4.69) is 25.9 Å². The van der Waals surface area contributed by atoms with Crippen LogP contribution >= 0.6 is 0 Å². The largest absolute Gasteiger partial charge is 0.489 e. The molecule has 3 N–H and O–H groups in total. The average molecular weight is 577 g/mol. The zero-order valence-corrected chi connectivity index (χ0v) is 23.8. The van der Waals surface area contributed by atoms with Crippen molar-refractivity contribution in [1.29, 1.82) is 0 Å². The van der Waals surface area contributed by atoms with Crippen molar-refractivity contribution in [3.05, 3.63) is 112 Å². The summed E-state index contributed by atoms with van der Waals surface area (Å²) in [5.41, 5.74) is 3.88. The molecule has 2 heterocycles. The van der Waals surface area contributed by atoms with Gasteiger partial charge in [-0.15, -0.1) is 0 Å². The first-order chi connectivity index (χ1) is 19.5. The predicted octanol–water partition coefficient (Wildman–Crippen LogP) is 3.84. The number of ether oxygens (including phenoxy) is 1. The molecule has 0 aliphatic carbocycles. The van der Waals surface area contributed by atoms with E-state index < -0.39 is 27.5 Å². The van der Waals surface area contributed by atoms with Crippen LogP contribution in [0.3, 0.4) is 0 Å². The van der Waals surface area contributed by atoms with Crippen LogP contribution in [0.1, 0.15) is 49.2 Å². The third kappa shape index (κ3) is 5.56. The molecule has 10 nitrogen and oxygen atoms in total. The van der Waals surface area contributed by atoms with Crippen LogP contribution in [0.2, 0.25) is 0 Å². The summed E-state index contributed by atoms with van der Waals surface area (Å²) in [6.07, 6.45) is 0.171. The van der Waals surface area contributed by atoms with Crippen molar-refractivity contribution in [3.63, 3.8) is 0 Å². The Morgan fingerprint density at radius 1 is 1.02 bits per heavy atom. The molecule has 1 atom stereocenters. The fourth-order valence-corrected chi connectivity index (χ4v) is 6.48. The van der Waals surface area contributed by atoms with Crippen LogP contribution in [0.5, 0.6) is 5.75 Å². The molecule has 1 aliphatic rings. The molecule has 41 heavy (non-hydrogen) atoms. The van der Waals surface area contributed by atoms with Crippen LogP contribution < -0.4 is 15.8 Å². The summed E-state index contributed by atoms with van der Waals surface area (Å²) in [5, 5.41) is 12.6. The van der Waals surface area contributed by atoms with E-state index in [9.17, 15) is 23.2 Å². The van der Waals surface area contributed by atoms with Gasteiger partial charge in [0.2, 0.25) is 10.0 Å². The van der Waals surface area contributed by atoms with Gasteiger partial charge in [0.25, 0.3) is 11.5 Å². The topological polar surface area (TPSA) is 134 Å². The monoisotopic (exact) mass is 576 g/mol. The van der Waals surface area contributed by atoms with E-state index >= 15 is 0 Å². The van der Waals surface area contributed by atoms with Crippen molar-refractivity contribution < 1.29 is 23.2 Å². The Morgan fingerprint density at radius 3 is 2.29 bits per heavy atom. The number of aromatic nitrogens is 2. The van der Waals surface area contributed by atoms with E-state index in [0.29, 0.717) is 23.7 Å². The summed E-state index contributed by atoms with van der Waals surface area (Å²) in [6, 6.07) is 21.3. The lowest BCUT2D eigenvalue weighted by Crippen LogP contribution is -2.48. The van der Waals surface area contributed by atoms with Gasteiger partial charge < -0.3 is 4.74 Å². The predicted molar refractivity (Wildman–Crippen MR) is 153 cm³/mol. The van der Waals surface area contributed by atoms with Gasteiger partial charge in [-0.25, -0.2) is 18.6 Å². The van der Waals surface area contributed by atoms with Gasteiger partial charge in [0, 0.05) is 18.7 Å². The van der Waals surface area contributed by atoms with Crippen molar-refractivity contribution >= 4 is 15.9 Å². The number of benzene rings is 3. The van der Waals surface area contributed by atoms with Crippen molar-refractivity contribution in [3.8, 4) is 11.4 Å². The first-order valence-electron chi connectivity index (χ1n) is 13.2. The minimum absolute atomic E-state index is 0.0333. The number of aromatic amines is 1. The number of hydroxylamine groups is 1. The number of fused-ring (bicyclic) bond motifs is 1. The van der Waals surface area contributed by atoms with E-state index in [4.69, 9.17) is 4.74 Å². The zero-order chi connectivity index (χ0) is 29.4. The molecule has 0 saturated carbocycles. The smallest absolute Gasteiger partial charge is 0.276 e. The normalized spacial score (nSPS) is 15.8.